The van der Waals surface area contributed by atoms with Crippen LogP contribution in [0, 0.1) is 6.92 Å². The van der Waals surface area contributed by atoms with Gasteiger partial charge in [0.2, 0.25) is 11.8 Å². The predicted octanol–water partition coefficient (Wildman–Crippen LogP) is 3.68. The summed E-state index contributed by atoms with van der Waals surface area (Å²) in [4.78, 5) is 24.5. The first kappa shape index (κ1) is 20.8. The number of methoxy groups -OCH3 is 1. The van der Waals surface area contributed by atoms with Crippen LogP contribution in [0.4, 0.5) is 5.82 Å². The Kier molecular flexibility index (Phi) is 6.48. The number of carbonyl (C=O) groups excluding carboxylic acids is 2. The van der Waals surface area contributed by atoms with E-state index in [2.05, 4.69) is 15.8 Å². The fraction of sp³-hybridized carbons (Fsp3) is 0.350. The summed E-state index contributed by atoms with van der Waals surface area (Å²) in [5, 5.41) is 9.74. The third kappa shape index (κ3) is 5.11. The highest BCUT2D eigenvalue weighted by atomic mass is 32.2. The molecule has 0 fully saturated rings. The van der Waals surface area contributed by atoms with Crippen LogP contribution in [-0.2, 0) is 9.59 Å². The average Bonchev–Trinajstić information content (AvgIpc) is 3.31. The molecule has 29 heavy (non-hydrogen) atoms. The SMILES string of the molecule is COc1cccc2cc(C(C)NC(=O)CSC(C)C(=O)Nc3cc(C)on3)oc12. The Labute approximate surface area is 172 Å². The summed E-state index contributed by atoms with van der Waals surface area (Å²) in [5.41, 5.74) is 0.647. The summed E-state index contributed by atoms with van der Waals surface area (Å²) in [6, 6.07) is 8.82. The van der Waals surface area contributed by atoms with Gasteiger partial charge in [-0.2, -0.15) is 0 Å². The molecule has 0 saturated carbocycles. The Morgan fingerprint density at radius 3 is 2.76 bits per heavy atom. The number of nitrogens with one attached hydrogen (secondary N) is 2. The van der Waals surface area contributed by atoms with Crippen molar-refractivity contribution in [2.75, 3.05) is 18.2 Å². The number of furan rings is 1. The van der Waals surface area contributed by atoms with E-state index in [9.17, 15) is 9.59 Å². The van der Waals surface area contributed by atoms with Crippen molar-refractivity contribution in [2.45, 2.75) is 32.1 Å². The maximum atomic E-state index is 12.3. The van der Waals surface area contributed by atoms with Crippen molar-refractivity contribution in [1.82, 2.24) is 10.5 Å². The molecule has 2 atom stereocenters. The van der Waals surface area contributed by atoms with E-state index in [0.717, 1.165) is 5.39 Å². The van der Waals surface area contributed by atoms with Crippen LogP contribution in [0.2, 0.25) is 0 Å². The second-order valence-corrected chi connectivity index (χ2v) is 7.91. The van der Waals surface area contributed by atoms with E-state index >= 15 is 0 Å². The molecule has 0 spiro atoms. The molecule has 2 aromatic heterocycles. The average molecular weight is 417 g/mol. The summed E-state index contributed by atoms with van der Waals surface area (Å²) in [7, 11) is 1.58. The molecule has 8 nitrogen and oxygen atoms in total. The highest BCUT2D eigenvalue weighted by Gasteiger charge is 2.19. The molecule has 3 rings (SSSR count). The minimum absolute atomic E-state index is 0.139. The number of thioether (sulfide) groups is 1. The van der Waals surface area contributed by atoms with Gasteiger partial charge >= 0.3 is 0 Å². The number of aromatic nitrogens is 1. The molecule has 0 aliphatic carbocycles. The first-order valence-electron chi connectivity index (χ1n) is 9.09. The number of fused-ring (bicyclic) bond motifs is 1. The van der Waals surface area contributed by atoms with E-state index in [1.54, 1.807) is 27.0 Å². The zero-order valence-electron chi connectivity index (χ0n) is 16.6. The zero-order valence-corrected chi connectivity index (χ0v) is 17.5. The maximum Gasteiger partial charge on any atom is 0.238 e. The molecule has 9 heteroatoms. The van der Waals surface area contributed by atoms with E-state index < -0.39 is 5.25 Å². The first-order chi connectivity index (χ1) is 13.9. The van der Waals surface area contributed by atoms with Crippen molar-refractivity contribution in [1.29, 1.82) is 0 Å². The van der Waals surface area contributed by atoms with Crippen LogP contribution in [-0.4, -0.2) is 35.1 Å². The number of benzene rings is 1. The van der Waals surface area contributed by atoms with Gasteiger partial charge in [-0.3, -0.25) is 9.59 Å². The first-order valence-corrected chi connectivity index (χ1v) is 10.1. The molecule has 0 radical (unpaired) electrons. The molecule has 0 aliphatic heterocycles. The Morgan fingerprint density at radius 2 is 2.07 bits per heavy atom. The second kappa shape index (κ2) is 9.04. The molecule has 154 valence electrons. The van der Waals surface area contributed by atoms with Crippen LogP contribution < -0.4 is 15.4 Å². The predicted molar refractivity (Wildman–Crippen MR) is 111 cm³/mol. The largest absolute Gasteiger partial charge is 0.493 e. The van der Waals surface area contributed by atoms with E-state index in [1.165, 1.54) is 11.8 Å². The van der Waals surface area contributed by atoms with Crippen molar-refractivity contribution < 1.29 is 23.3 Å². The Hall–Kier alpha value is -2.94. The molecular formula is C20H23N3O5S. The summed E-state index contributed by atoms with van der Waals surface area (Å²) in [5.74, 6) is 1.95. The normalized spacial score (nSPS) is 13.1. The van der Waals surface area contributed by atoms with Gasteiger partial charge in [0, 0.05) is 11.5 Å². The van der Waals surface area contributed by atoms with Crippen LogP contribution in [0.5, 0.6) is 5.75 Å². The lowest BCUT2D eigenvalue weighted by atomic mass is 10.2. The summed E-state index contributed by atoms with van der Waals surface area (Å²) in [6.07, 6.45) is 0. The number of hydrogen-bond acceptors (Lipinski definition) is 7. The zero-order chi connectivity index (χ0) is 21.0. The van der Waals surface area contributed by atoms with E-state index in [1.807, 2.05) is 31.2 Å². The van der Waals surface area contributed by atoms with Crippen molar-refractivity contribution >= 4 is 40.4 Å². The highest BCUT2D eigenvalue weighted by Crippen LogP contribution is 2.30. The topological polar surface area (TPSA) is 107 Å². The number of anilines is 1. The molecule has 0 saturated heterocycles. The third-order valence-electron chi connectivity index (χ3n) is 4.26. The Balaban J connectivity index is 1.51. The number of hydrogen-bond donors (Lipinski definition) is 2. The number of rotatable bonds is 8. The standard InChI is InChI=1S/C20H23N3O5S/c1-11-8-17(23-28-11)22-20(25)13(3)29-10-18(24)21-12(2)16-9-14-6-5-7-15(26-4)19(14)27-16/h5-9,12-13H,10H2,1-4H3,(H,21,24)(H,22,23,25). The molecule has 0 aliphatic rings. The Bertz CT molecular complexity index is 1010. The van der Waals surface area contributed by atoms with Crippen LogP contribution in [0.15, 0.2) is 39.3 Å². The minimum atomic E-state index is -0.427. The monoisotopic (exact) mass is 417 g/mol. The second-order valence-electron chi connectivity index (χ2n) is 6.58. The number of para-hydroxylation sites is 1. The number of nitrogens with zero attached hydrogens (tertiary/aromatic N) is 1. The van der Waals surface area contributed by atoms with Gasteiger partial charge in [-0.1, -0.05) is 17.3 Å². The fourth-order valence-electron chi connectivity index (χ4n) is 2.71. The molecule has 2 unspecified atom stereocenters. The maximum absolute atomic E-state index is 12.3. The minimum Gasteiger partial charge on any atom is -0.493 e. The number of aryl methyl sites for hydroxylation is 1. The lowest BCUT2D eigenvalue weighted by Crippen LogP contribution is -2.30. The van der Waals surface area contributed by atoms with Gasteiger partial charge < -0.3 is 24.3 Å². The molecule has 2 N–H and O–H groups in total. The van der Waals surface area contributed by atoms with Gasteiger partial charge in [0.25, 0.3) is 0 Å². The summed E-state index contributed by atoms with van der Waals surface area (Å²) in [6.45, 7) is 5.31. The Morgan fingerprint density at radius 1 is 1.28 bits per heavy atom. The van der Waals surface area contributed by atoms with Crippen LogP contribution in [0.3, 0.4) is 0 Å². The molecule has 2 amide bonds. The lowest BCUT2D eigenvalue weighted by molar-refractivity contribution is -0.119. The lowest BCUT2D eigenvalue weighted by Gasteiger charge is -2.13. The summed E-state index contributed by atoms with van der Waals surface area (Å²) < 4.78 is 16.1. The van der Waals surface area contributed by atoms with E-state index in [-0.39, 0.29) is 23.6 Å². The van der Waals surface area contributed by atoms with Gasteiger partial charge in [-0.05, 0) is 32.9 Å². The van der Waals surface area contributed by atoms with Gasteiger partial charge in [0.1, 0.15) is 11.5 Å². The quantitative estimate of drug-likeness (QED) is 0.576. The number of carbonyl (C=O) groups is 2. The molecule has 1 aromatic carbocycles. The summed E-state index contributed by atoms with van der Waals surface area (Å²) >= 11 is 1.23. The van der Waals surface area contributed by atoms with Crippen molar-refractivity contribution in [3.8, 4) is 5.75 Å². The molecule has 3 aromatic rings. The number of ether oxygens (including phenoxy) is 1. The van der Waals surface area contributed by atoms with Crippen LogP contribution in [0.25, 0.3) is 11.0 Å². The van der Waals surface area contributed by atoms with Crippen LogP contribution >= 0.6 is 11.8 Å². The third-order valence-corrected chi connectivity index (χ3v) is 5.41. The highest BCUT2D eigenvalue weighted by molar-refractivity contribution is 8.01. The van der Waals surface area contributed by atoms with Crippen molar-refractivity contribution in [3.05, 3.63) is 41.9 Å². The van der Waals surface area contributed by atoms with E-state index in [4.69, 9.17) is 13.7 Å². The molecular weight excluding hydrogens is 394 g/mol. The van der Waals surface area contributed by atoms with Gasteiger partial charge in [-0.25, -0.2) is 0 Å². The smallest absolute Gasteiger partial charge is 0.238 e. The fourth-order valence-corrected chi connectivity index (χ4v) is 3.41. The van der Waals surface area contributed by atoms with Gasteiger partial charge in [0.05, 0.1) is 24.2 Å². The van der Waals surface area contributed by atoms with Crippen molar-refractivity contribution in [2.24, 2.45) is 0 Å². The number of amides is 2. The molecule has 2 heterocycles. The van der Waals surface area contributed by atoms with Gasteiger partial charge in [-0.15, -0.1) is 11.8 Å². The molecule has 0 bridgehead atoms. The van der Waals surface area contributed by atoms with E-state index in [0.29, 0.717) is 28.7 Å². The van der Waals surface area contributed by atoms with Gasteiger partial charge in [0.15, 0.2) is 17.2 Å². The van der Waals surface area contributed by atoms with Crippen LogP contribution in [0.1, 0.15) is 31.4 Å². The van der Waals surface area contributed by atoms with Crippen molar-refractivity contribution in [3.63, 3.8) is 0 Å².